The third-order valence-electron chi connectivity index (χ3n) is 3.65. The van der Waals surface area contributed by atoms with Crippen molar-refractivity contribution in [3.8, 4) is 0 Å². The first kappa shape index (κ1) is 15.0. The summed E-state index contributed by atoms with van der Waals surface area (Å²) in [5, 5.41) is 5.88. The van der Waals surface area contributed by atoms with Crippen molar-refractivity contribution in [2.75, 3.05) is 27.2 Å². The van der Waals surface area contributed by atoms with Crippen LogP contribution >= 0.6 is 0 Å². The maximum atomic E-state index is 12.3. The molecule has 5 heteroatoms. The molecule has 0 aromatic carbocycles. The minimum atomic E-state index is -0.178. The van der Waals surface area contributed by atoms with Crippen molar-refractivity contribution in [3.63, 3.8) is 0 Å². The minimum Gasteiger partial charge on any atom is -0.359 e. The topological polar surface area (TPSA) is 61.4 Å². The SMILES string of the molecule is CNC(=O)C(C)CN(C)C(=O)C1NCCCC1C. The lowest BCUT2D eigenvalue weighted by Crippen LogP contribution is -2.52. The van der Waals surface area contributed by atoms with Gasteiger partial charge in [-0.3, -0.25) is 9.59 Å². The number of amides is 2. The lowest BCUT2D eigenvalue weighted by atomic mass is 9.91. The van der Waals surface area contributed by atoms with Gasteiger partial charge in [0.25, 0.3) is 0 Å². The van der Waals surface area contributed by atoms with Crippen LogP contribution in [-0.4, -0.2) is 49.9 Å². The van der Waals surface area contributed by atoms with E-state index in [9.17, 15) is 9.59 Å². The number of hydrogen-bond donors (Lipinski definition) is 2. The zero-order chi connectivity index (χ0) is 13.7. The summed E-state index contributed by atoms with van der Waals surface area (Å²) in [5.41, 5.74) is 0. The molecular weight excluding hydrogens is 230 g/mol. The second-order valence-electron chi connectivity index (χ2n) is 5.29. The third-order valence-corrected chi connectivity index (χ3v) is 3.65. The van der Waals surface area contributed by atoms with Crippen LogP contribution in [0, 0.1) is 11.8 Å². The summed E-state index contributed by atoms with van der Waals surface area (Å²) >= 11 is 0. The molecule has 0 aliphatic carbocycles. The number of likely N-dealkylation sites (N-methyl/N-ethyl adjacent to an activating group) is 1. The highest BCUT2D eigenvalue weighted by Gasteiger charge is 2.30. The highest BCUT2D eigenvalue weighted by molar-refractivity contribution is 5.83. The fourth-order valence-corrected chi connectivity index (χ4v) is 2.45. The Morgan fingerprint density at radius 1 is 1.50 bits per heavy atom. The standard InChI is InChI=1S/C13H25N3O2/c1-9-6-5-7-15-11(9)13(18)16(4)8-10(2)12(17)14-3/h9-11,15H,5-8H2,1-4H3,(H,14,17). The number of piperidine rings is 1. The molecule has 0 spiro atoms. The molecule has 2 amide bonds. The summed E-state index contributed by atoms with van der Waals surface area (Å²) < 4.78 is 0. The van der Waals surface area contributed by atoms with E-state index >= 15 is 0 Å². The number of nitrogens with one attached hydrogen (secondary N) is 2. The van der Waals surface area contributed by atoms with Gasteiger partial charge in [0.1, 0.15) is 0 Å². The molecule has 1 aliphatic heterocycles. The lowest BCUT2D eigenvalue weighted by molar-refractivity contribution is -0.135. The number of carbonyl (C=O) groups excluding carboxylic acids is 2. The molecule has 104 valence electrons. The zero-order valence-corrected chi connectivity index (χ0v) is 11.8. The van der Waals surface area contributed by atoms with E-state index < -0.39 is 0 Å². The van der Waals surface area contributed by atoms with E-state index in [1.807, 2.05) is 6.92 Å². The van der Waals surface area contributed by atoms with E-state index in [2.05, 4.69) is 17.6 Å². The van der Waals surface area contributed by atoms with Crippen LogP contribution in [0.15, 0.2) is 0 Å². The number of nitrogens with zero attached hydrogens (tertiary/aromatic N) is 1. The Bertz CT molecular complexity index is 307. The van der Waals surface area contributed by atoms with Crippen LogP contribution in [0.1, 0.15) is 26.7 Å². The largest absolute Gasteiger partial charge is 0.359 e. The van der Waals surface area contributed by atoms with Crippen LogP contribution in [0.2, 0.25) is 0 Å². The smallest absolute Gasteiger partial charge is 0.239 e. The van der Waals surface area contributed by atoms with Crippen LogP contribution in [0.3, 0.4) is 0 Å². The summed E-state index contributed by atoms with van der Waals surface area (Å²) in [7, 11) is 3.39. The molecule has 1 heterocycles. The first-order valence-electron chi connectivity index (χ1n) is 6.67. The van der Waals surface area contributed by atoms with Crippen molar-refractivity contribution in [2.24, 2.45) is 11.8 Å². The molecule has 2 N–H and O–H groups in total. The molecule has 1 aliphatic rings. The van der Waals surface area contributed by atoms with Crippen LogP contribution in [0.25, 0.3) is 0 Å². The van der Waals surface area contributed by atoms with Gasteiger partial charge in [0.15, 0.2) is 0 Å². The Morgan fingerprint density at radius 2 is 2.17 bits per heavy atom. The van der Waals surface area contributed by atoms with Crippen molar-refractivity contribution in [1.82, 2.24) is 15.5 Å². The maximum Gasteiger partial charge on any atom is 0.239 e. The first-order valence-corrected chi connectivity index (χ1v) is 6.67. The molecule has 0 aromatic heterocycles. The summed E-state index contributed by atoms with van der Waals surface area (Å²) in [6, 6.07) is -0.0966. The quantitative estimate of drug-likeness (QED) is 0.755. The molecule has 5 nitrogen and oxygen atoms in total. The van der Waals surface area contributed by atoms with E-state index in [0.717, 1.165) is 19.4 Å². The fourth-order valence-electron chi connectivity index (χ4n) is 2.45. The van der Waals surface area contributed by atoms with Gasteiger partial charge in [0, 0.05) is 20.6 Å². The number of carbonyl (C=O) groups is 2. The van der Waals surface area contributed by atoms with E-state index in [0.29, 0.717) is 12.5 Å². The number of rotatable bonds is 4. The van der Waals surface area contributed by atoms with Gasteiger partial charge in [-0.15, -0.1) is 0 Å². The molecule has 3 atom stereocenters. The second-order valence-corrected chi connectivity index (χ2v) is 5.29. The molecule has 1 saturated heterocycles. The van der Waals surface area contributed by atoms with Gasteiger partial charge in [-0.25, -0.2) is 0 Å². The second kappa shape index (κ2) is 6.73. The van der Waals surface area contributed by atoms with Crippen molar-refractivity contribution >= 4 is 11.8 Å². The average molecular weight is 255 g/mol. The van der Waals surface area contributed by atoms with Gasteiger partial charge in [0.05, 0.1) is 12.0 Å². The molecule has 18 heavy (non-hydrogen) atoms. The number of hydrogen-bond acceptors (Lipinski definition) is 3. The third kappa shape index (κ3) is 3.70. The first-order chi connectivity index (χ1) is 8.47. The lowest BCUT2D eigenvalue weighted by Gasteiger charge is -2.33. The summed E-state index contributed by atoms with van der Waals surface area (Å²) in [4.78, 5) is 25.4. The van der Waals surface area contributed by atoms with E-state index in [-0.39, 0.29) is 23.8 Å². The fraction of sp³-hybridized carbons (Fsp3) is 0.846. The molecule has 3 unspecified atom stereocenters. The van der Waals surface area contributed by atoms with Crippen molar-refractivity contribution in [3.05, 3.63) is 0 Å². The average Bonchev–Trinajstić information content (AvgIpc) is 2.37. The molecule has 1 rings (SSSR count). The minimum absolute atomic E-state index is 0.0284. The van der Waals surface area contributed by atoms with E-state index in [4.69, 9.17) is 0 Å². The molecule has 0 bridgehead atoms. The van der Waals surface area contributed by atoms with Gasteiger partial charge in [-0.05, 0) is 25.3 Å². The van der Waals surface area contributed by atoms with Gasteiger partial charge in [-0.1, -0.05) is 13.8 Å². The van der Waals surface area contributed by atoms with E-state index in [1.54, 1.807) is 19.0 Å². The van der Waals surface area contributed by atoms with Crippen LogP contribution in [0.5, 0.6) is 0 Å². The molecule has 0 aromatic rings. The Labute approximate surface area is 109 Å². The highest BCUT2D eigenvalue weighted by Crippen LogP contribution is 2.17. The predicted molar refractivity (Wildman–Crippen MR) is 71.1 cm³/mol. The molecule has 0 saturated carbocycles. The van der Waals surface area contributed by atoms with Crippen molar-refractivity contribution in [2.45, 2.75) is 32.7 Å². The Morgan fingerprint density at radius 3 is 2.72 bits per heavy atom. The summed E-state index contributed by atoms with van der Waals surface area (Å²) in [6.07, 6.45) is 2.21. The van der Waals surface area contributed by atoms with Gasteiger partial charge in [0.2, 0.25) is 11.8 Å². The monoisotopic (exact) mass is 255 g/mol. The molecule has 1 fully saturated rings. The highest BCUT2D eigenvalue weighted by atomic mass is 16.2. The van der Waals surface area contributed by atoms with Crippen LogP contribution in [0.4, 0.5) is 0 Å². The Kier molecular flexibility index (Phi) is 5.59. The van der Waals surface area contributed by atoms with E-state index in [1.165, 1.54) is 0 Å². The zero-order valence-electron chi connectivity index (χ0n) is 11.8. The predicted octanol–water partition coefficient (Wildman–Crippen LogP) is 0.215. The summed E-state index contributed by atoms with van der Waals surface area (Å²) in [6.45, 7) is 5.30. The van der Waals surface area contributed by atoms with Crippen LogP contribution in [-0.2, 0) is 9.59 Å². The maximum absolute atomic E-state index is 12.3. The normalized spacial score (nSPS) is 25.3. The van der Waals surface area contributed by atoms with Gasteiger partial charge in [-0.2, -0.15) is 0 Å². The summed E-state index contributed by atoms with van der Waals surface area (Å²) in [5.74, 6) is 0.254. The van der Waals surface area contributed by atoms with Gasteiger partial charge >= 0.3 is 0 Å². The van der Waals surface area contributed by atoms with Gasteiger partial charge < -0.3 is 15.5 Å². The van der Waals surface area contributed by atoms with Crippen molar-refractivity contribution < 1.29 is 9.59 Å². The Balaban J connectivity index is 2.52. The molecule has 0 radical (unpaired) electrons. The van der Waals surface area contributed by atoms with Crippen LogP contribution < -0.4 is 10.6 Å². The van der Waals surface area contributed by atoms with Crippen molar-refractivity contribution in [1.29, 1.82) is 0 Å². The Hall–Kier alpha value is -1.10. The molecular formula is C13H25N3O2.